The van der Waals surface area contributed by atoms with Crippen molar-refractivity contribution in [1.29, 1.82) is 0 Å². The van der Waals surface area contributed by atoms with Gasteiger partial charge in [-0.25, -0.2) is 9.67 Å². The first-order chi connectivity index (χ1) is 21.5. The SMILES string of the molecule is C=Cc1cnc2ccc(-c3cnn(C)c3O[C@@H](C)CN(CC)Cc3c(I)c(OC(C)C)nn3C[C@H](C)O[Si](C)(C)C(C)(C)C)cn12. The number of rotatable bonds is 15. The largest absolute Gasteiger partial charge is 0.473 e. The van der Waals surface area contributed by atoms with Gasteiger partial charge < -0.3 is 13.9 Å². The lowest BCUT2D eigenvalue weighted by atomic mass is 10.1. The Morgan fingerprint density at radius 1 is 1.09 bits per heavy atom. The van der Waals surface area contributed by atoms with E-state index in [2.05, 4.69) is 116 Å². The molecule has 252 valence electrons. The average molecular weight is 762 g/mol. The number of fused-ring (bicyclic) bond motifs is 1. The summed E-state index contributed by atoms with van der Waals surface area (Å²) in [6.45, 7) is 28.8. The van der Waals surface area contributed by atoms with Crippen LogP contribution in [0.1, 0.15) is 66.8 Å². The fraction of sp³-hybridized carbons (Fsp3) is 0.559. The van der Waals surface area contributed by atoms with Crippen molar-refractivity contribution in [2.75, 3.05) is 13.1 Å². The molecule has 0 saturated heterocycles. The topological polar surface area (TPSA) is 83.9 Å². The van der Waals surface area contributed by atoms with Gasteiger partial charge in [0.05, 0.1) is 51.7 Å². The van der Waals surface area contributed by atoms with E-state index in [4.69, 9.17) is 19.0 Å². The number of aryl methyl sites for hydroxylation is 1. The minimum absolute atomic E-state index is 0.0203. The van der Waals surface area contributed by atoms with E-state index in [1.807, 2.05) is 43.8 Å². The van der Waals surface area contributed by atoms with Crippen molar-refractivity contribution in [3.63, 3.8) is 0 Å². The first-order valence-corrected chi connectivity index (χ1v) is 20.1. The molecule has 46 heavy (non-hydrogen) atoms. The van der Waals surface area contributed by atoms with Crippen LogP contribution in [0.25, 0.3) is 22.9 Å². The molecule has 4 aromatic rings. The number of nitrogens with zero attached hydrogens (tertiary/aromatic N) is 7. The summed E-state index contributed by atoms with van der Waals surface area (Å²) >= 11 is 2.39. The molecule has 0 spiro atoms. The van der Waals surface area contributed by atoms with E-state index in [1.54, 1.807) is 10.8 Å². The number of ether oxygens (including phenoxy) is 2. The summed E-state index contributed by atoms with van der Waals surface area (Å²) in [4.78, 5) is 6.85. The Bertz CT molecular complexity index is 1640. The van der Waals surface area contributed by atoms with Crippen LogP contribution in [0.4, 0.5) is 0 Å². The highest BCUT2D eigenvalue weighted by Gasteiger charge is 2.38. The molecular weight excluding hydrogens is 709 g/mol. The second kappa shape index (κ2) is 14.6. The Labute approximate surface area is 289 Å². The molecule has 0 fully saturated rings. The van der Waals surface area contributed by atoms with E-state index < -0.39 is 8.32 Å². The molecule has 0 aromatic carbocycles. The minimum atomic E-state index is -1.93. The number of hydrogen-bond acceptors (Lipinski definition) is 7. The van der Waals surface area contributed by atoms with Crippen LogP contribution in [0.2, 0.25) is 18.1 Å². The third-order valence-corrected chi connectivity index (χ3v) is 14.3. The van der Waals surface area contributed by atoms with Crippen molar-refractivity contribution in [3.8, 4) is 22.9 Å². The van der Waals surface area contributed by atoms with Gasteiger partial charge in [-0.05, 0) is 93.2 Å². The molecule has 0 saturated carbocycles. The van der Waals surface area contributed by atoms with Gasteiger partial charge in [0.25, 0.3) is 0 Å². The van der Waals surface area contributed by atoms with E-state index in [1.165, 1.54) is 0 Å². The zero-order valence-electron chi connectivity index (χ0n) is 29.5. The zero-order valence-corrected chi connectivity index (χ0v) is 32.6. The number of hydrogen-bond donors (Lipinski definition) is 0. The molecule has 0 amide bonds. The van der Waals surface area contributed by atoms with Gasteiger partial charge in [-0.1, -0.05) is 34.3 Å². The maximum Gasteiger partial charge on any atom is 0.246 e. The lowest BCUT2D eigenvalue weighted by Gasteiger charge is -2.38. The summed E-state index contributed by atoms with van der Waals surface area (Å²) in [6, 6.07) is 4.05. The van der Waals surface area contributed by atoms with Crippen LogP contribution >= 0.6 is 22.6 Å². The Kier molecular flexibility index (Phi) is 11.5. The van der Waals surface area contributed by atoms with E-state index in [0.717, 1.165) is 50.7 Å². The van der Waals surface area contributed by atoms with Crippen LogP contribution in [0.15, 0.2) is 37.3 Å². The van der Waals surface area contributed by atoms with Crippen molar-refractivity contribution >= 4 is 42.6 Å². The zero-order chi connectivity index (χ0) is 34.0. The van der Waals surface area contributed by atoms with Crippen molar-refractivity contribution in [2.45, 2.75) is 105 Å². The number of pyridine rings is 1. The van der Waals surface area contributed by atoms with Gasteiger partial charge in [0.1, 0.15) is 11.8 Å². The Hall–Kier alpha value is -2.68. The normalized spacial score (nSPS) is 14.0. The quantitative estimate of drug-likeness (QED) is 0.0909. The molecule has 0 radical (unpaired) electrons. The van der Waals surface area contributed by atoms with E-state index >= 15 is 0 Å². The monoisotopic (exact) mass is 761 g/mol. The molecule has 0 aliphatic heterocycles. The smallest absolute Gasteiger partial charge is 0.246 e. The van der Waals surface area contributed by atoms with Gasteiger partial charge in [0.2, 0.25) is 11.8 Å². The molecule has 0 aliphatic rings. The lowest BCUT2D eigenvalue weighted by Crippen LogP contribution is -2.44. The highest BCUT2D eigenvalue weighted by atomic mass is 127. The maximum absolute atomic E-state index is 6.72. The van der Waals surface area contributed by atoms with Gasteiger partial charge in [-0.15, -0.1) is 5.10 Å². The first-order valence-electron chi connectivity index (χ1n) is 16.1. The highest BCUT2D eigenvalue weighted by Crippen LogP contribution is 2.38. The van der Waals surface area contributed by atoms with Gasteiger partial charge in [0, 0.05) is 31.9 Å². The molecule has 0 N–H and O–H groups in total. The summed E-state index contributed by atoms with van der Waals surface area (Å²) in [7, 11) is -0.0154. The van der Waals surface area contributed by atoms with Gasteiger partial charge >= 0.3 is 0 Å². The summed E-state index contributed by atoms with van der Waals surface area (Å²) in [5.74, 6) is 1.41. The Balaban J connectivity index is 1.53. The molecule has 12 heteroatoms. The van der Waals surface area contributed by atoms with Crippen LogP contribution in [0.5, 0.6) is 11.8 Å². The van der Waals surface area contributed by atoms with Crippen LogP contribution in [-0.2, 0) is 24.6 Å². The molecule has 4 aromatic heterocycles. The second-order valence-corrected chi connectivity index (χ2v) is 19.7. The fourth-order valence-electron chi connectivity index (χ4n) is 5.19. The molecule has 10 nitrogen and oxygen atoms in total. The van der Waals surface area contributed by atoms with E-state index in [-0.39, 0.29) is 23.4 Å². The average Bonchev–Trinajstić information content (AvgIpc) is 3.62. The maximum atomic E-state index is 6.72. The number of aromatic nitrogens is 6. The van der Waals surface area contributed by atoms with Crippen LogP contribution in [-0.4, -0.2) is 73.6 Å². The van der Waals surface area contributed by atoms with E-state index in [0.29, 0.717) is 19.0 Å². The van der Waals surface area contributed by atoms with Crippen molar-refractivity contribution in [1.82, 2.24) is 33.8 Å². The fourth-order valence-corrected chi connectivity index (χ4v) is 7.31. The summed E-state index contributed by atoms with van der Waals surface area (Å²) in [6.07, 6.45) is 7.49. The number of halogens is 1. The third-order valence-electron chi connectivity index (χ3n) is 8.63. The number of likely N-dealkylation sites (N-methyl/N-ethyl adjacent to an activating group) is 1. The standard InChI is InChI=1S/C34H52IN7O3Si/c1-13-27-17-36-30-16-15-26(21-41(27)30)28-18-37-39(10)33(28)44-24(5)19-40(14-2)22-29-31(35)32(43-23(3)4)38-42(29)20-25(6)45-46(11,12)34(7,8)9/h13,15-18,21,23-25H,1,14,19-20,22H2,2-12H3/t24-,25-/m0/s1. The molecule has 0 aliphatic carbocycles. The van der Waals surface area contributed by atoms with Crippen molar-refractivity contribution in [2.24, 2.45) is 7.05 Å². The number of imidazole rings is 1. The molecule has 4 rings (SSSR count). The summed E-state index contributed by atoms with van der Waals surface area (Å²) in [5, 5.41) is 9.61. The van der Waals surface area contributed by atoms with Gasteiger partial charge in [-0.2, -0.15) is 5.10 Å². The first kappa shape index (κ1) is 36.2. The van der Waals surface area contributed by atoms with Gasteiger partial charge in [0.15, 0.2) is 8.32 Å². The minimum Gasteiger partial charge on any atom is -0.473 e. The van der Waals surface area contributed by atoms with Crippen molar-refractivity contribution in [3.05, 3.63) is 52.3 Å². The molecule has 0 unspecified atom stereocenters. The highest BCUT2D eigenvalue weighted by molar-refractivity contribution is 14.1. The predicted molar refractivity (Wildman–Crippen MR) is 197 cm³/mol. The van der Waals surface area contributed by atoms with Crippen LogP contribution in [0.3, 0.4) is 0 Å². The lowest BCUT2D eigenvalue weighted by molar-refractivity contribution is 0.131. The second-order valence-electron chi connectivity index (χ2n) is 13.9. The predicted octanol–water partition coefficient (Wildman–Crippen LogP) is 7.67. The molecule has 2 atom stereocenters. The summed E-state index contributed by atoms with van der Waals surface area (Å²) in [5.41, 5.74) is 4.87. The van der Waals surface area contributed by atoms with Gasteiger partial charge in [-0.3, -0.25) is 14.0 Å². The molecule has 0 bridgehead atoms. The van der Waals surface area contributed by atoms with Crippen LogP contribution in [0, 0.1) is 3.57 Å². The molecule has 4 heterocycles. The van der Waals surface area contributed by atoms with E-state index in [9.17, 15) is 0 Å². The Morgan fingerprint density at radius 3 is 2.43 bits per heavy atom. The summed E-state index contributed by atoms with van der Waals surface area (Å²) < 4.78 is 26.4. The Morgan fingerprint density at radius 2 is 1.80 bits per heavy atom. The third kappa shape index (κ3) is 8.23. The van der Waals surface area contributed by atoms with Crippen LogP contribution < -0.4 is 9.47 Å². The molecular formula is C34H52IN7O3Si. The van der Waals surface area contributed by atoms with Crippen molar-refractivity contribution < 1.29 is 13.9 Å².